The Kier molecular flexibility index (Phi) is 2.37. The minimum Gasteiger partial charge on any atom is -0.364 e. The van der Waals surface area contributed by atoms with E-state index in [1.54, 1.807) is 18.2 Å². The summed E-state index contributed by atoms with van der Waals surface area (Å²) in [6.45, 7) is 15.3. The zero-order valence-electron chi connectivity index (χ0n) is 13.8. The Morgan fingerprint density at radius 2 is 1.96 bits per heavy atom. The van der Waals surface area contributed by atoms with Crippen LogP contribution >= 0.6 is 0 Å². The maximum atomic E-state index is 12.7. The number of carbonyl (C=O) groups is 2. The lowest BCUT2D eigenvalue weighted by atomic mass is 9.46. The lowest BCUT2D eigenvalue weighted by Crippen LogP contribution is -2.60. The molecule has 1 aliphatic heterocycles. The van der Waals surface area contributed by atoms with Crippen LogP contribution in [0.3, 0.4) is 0 Å². The summed E-state index contributed by atoms with van der Waals surface area (Å²) in [6.07, 6.45) is 7.73. The van der Waals surface area contributed by atoms with Crippen LogP contribution in [0.1, 0.15) is 34.1 Å². The van der Waals surface area contributed by atoms with Gasteiger partial charge in [-0.15, -0.1) is 0 Å². The van der Waals surface area contributed by atoms with Gasteiger partial charge in [0.2, 0.25) is 5.70 Å². The SMILES string of the molecule is [C-]#[N+]C1=C[C@]2(C)C3=CC(=O)C=C[C@]3(C)C[C@@H]3O[C@@]32C(C)(C)C1=O. The summed E-state index contributed by atoms with van der Waals surface area (Å²) in [5.74, 6) is -0.199. The van der Waals surface area contributed by atoms with Crippen molar-refractivity contribution in [1.29, 1.82) is 0 Å². The number of hydrogen-bond acceptors (Lipinski definition) is 3. The first-order valence-electron chi connectivity index (χ1n) is 7.91. The van der Waals surface area contributed by atoms with Crippen LogP contribution in [-0.4, -0.2) is 23.3 Å². The van der Waals surface area contributed by atoms with E-state index < -0.39 is 16.4 Å². The number of ether oxygens (including phenoxy) is 1. The van der Waals surface area contributed by atoms with E-state index in [1.165, 1.54) is 0 Å². The maximum Gasteiger partial charge on any atom is 0.226 e. The highest BCUT2D eigenvalue weighted by Gasteiger charge is 2.80. The molecule has 118 valence electrons. The Hall–Kier alpha value is -1.99. The van der Waals surface area contributed by atoms with Crippen LogP contribution in [0.5, 0.6) is 0 Å². The second kappa shape index (κ2) is 3.73. The van der Waals surface area contributed by atoms with Crippen molar-refractivity contribution in [1.82, 2.24) is 0 Å². The maximum absolute atomic E-state index is 12.7. The molecule has 1 saturated heterocycles. The van der Waals surface area contributed by atoms with Crippen LogP contribution in [0.15, 0.2) is 35.6 Å². The molecule has 23 heavy (non-hydrogen) atoms. The van der Waals surface area contributed by atoms with E-state index in [-0.39, 0.29) is 28.8 Å². The molecule has 1 heterocycles. The number of ketones is 2. The molecule has 0 amide bonds. The largest absolute Gasteiger partial charge is 0.364 e. The Morgan fingerprint density at radius 1 is 1.26 bits per heavy atom. The molecule has 0 bridgehead atoms. The highest BCUT2D eigenvalue weighted by molar-refractivity contribution is 6.05. The van der Waals surface area contributed by atoms with Crippen molar-refractivity contribution in [3.05, 3.63) is 47.0 Å². The monoisotopic (exact) mass is 309 g/mol. The third-order valence-corrected chi connectivity index (χ3v) is 6.46. The summed E-state index contributed by atoms with van der Waals surface area (Å²) in [6, 6.07) is 0. The lowest BCUT2D eigenvalue weighted by molar-refractivity contribution is -0.130. The van der Waals surface area contributed by atoms with Gasteiger partial charge in [0.05, 0.1) is 18.1 Å². The van der Waals surface area contributed by atoms with Gasteiger partial charge in [-0.25, -0.2) is 4.85 Å². The van der Waals surface area contributed by atoms with Gasteiger partial charge in [-0.1, -0.05) is 39.8 Å². The number of carbonyl (C=O) groups excluding carboxylic acids is 2. The lowest BCUT2D eigenvalue weighted by Gasteiger charge is -2.54. The predicted octanol–water partition coefficient (Wildman–Crippen LogP) is 3.02. The van der Waals surface area contributed by atoms with E-state index in [2.05, 4.69) is 11.8 Å². The van der Waals surface area contributed by atoms with Gasteiger partial charge in [-0.3, -0.25) is 4.79 Å². The van der Waals surface area contributed by atoms with Crippen molar-refractivity contribution in [2.24, 2.45) is 16.2 Å². The fraction of sp³-hybridized carbons (Fsp3) is 0.526. The normalized spacial score (nSPS) is 46.0. The Labute approximate surface area is 135 Å². The van der Waals surface area contributed by atoms with Gasteiger partial charge in [-0.05, 0) is 24.1 Å². The van der Waals surface area contributed by atoms with Crippen molar-refractivity contribution >= 4 is 11.6 Å². The molecule has 1 spiro atoms. The van der Waals surface area contributed by atoms with Crippen molar-refractivity contribution < 1.29 is 14.3 Å². The summed E-state index contributed by atoms with van der Waals surface area (Å²) in [5.41, 5.74) is -1.21. The molecule has 3 aliphatic carbocycles. The Morgan fingerprint density at radius 3 is 2.61 bits per heavy atom. The fourth-order valence-corrected chi connectivity index (χ4v) is 5.34. The van der Waals surface area contributed by atoms with Crippen LogP contribution in [0.2, 0.25) is 0 Å². The van der Waals surface area contributed by atoms with Gasteiger partial charge < -0.3 is 9.53 Å². The molecule has 4 aliphatic rings. The molecular weight excluding hydrogens is 290 g/mol. The molecule has 0 unspecified atom stereocenters. The zero-order chi connectivity index (χ0) is 16.8. The summed E-state index contributed by atoms with van der Waals surface area (Å²) in [4.78, 5) is 28.2. The third-order valence-electron chi connectivity index (χ3n) is 6.46. The molecule has 0 aromatic rings. The number of nitrogens with zero attached hydrogens (tertiary/aromatic N) is 1. The molecule has 0 aromatic carbocycles. The van der Waals surface area contributed by atoms with E-state index >= 15 is 0 Å². The topological polar surface area (TPSA) is 51.0 Å². The Balaban J connectivity index is 2.03. The second-order valence-electron chi connectivity index (χ2n) is 8.06. The summed E-state index contributed by atoms with van der Waals surface area (Å²) >= 11 is 0. The number of allylic oxidation sites excluding steroid dienone is 4. The first-order valence-corrected chi connectivity index (χ1v) is 7.91. The average Bonchev–Trinajstić information content (AvgIpc) is 3.21. The highest BCUT2D eigenvalue weighted by atomic mass is 16.6. The van der Waals surface area contributed by atoms with Crippen molar-refractivity contribution in [2.45, 2.75) is 45.8 Å². The van der Waals surface area contributed by atoms with Crippen molar-refractivity contribution in [3.63, 3.8) is 0 Å². The average molecular weight is 309 g/mol. The minimum atomic E-state index is -0.784. The molecule has 4 heteroatoms. The van der Waals surface area contributed by atoms with Gasteiger partial charge >= 0.3 is 0 Å². The van der Waals surface area contributed by atoms with Gasteiger partial charge in [0.25, 0.3) is 0 Å². The molecule has 0 N–H and O–H groups in total. The van der Waals surface area contributed by atoms with E-state index in [0.29, 0.717) is 0 Å². The predicted molar refractivity (Wildman–Crippen MR) is 84.1 cm³/mol. The van der Waals surface area contributed by atoms with Crippen LogP contribution < -0.4 is 0 Å². The number of rotatable bonds is 0. The van der Waals surface area contributed by atoms with Gasteiger partial charge in [0.1, 0.15) is 5.60 Å². The molecule has 0 radical (unpaired) electrons. The molecule has 4 nitrogen and oxygen atoms in total. The highest BCUT2D eigenvalue weighted by Crippen LogP contribution is 2.74. The first-order chi connectivity index (χ1) is 10.6. The summed E-state index contributed by atoms with van der Waals surface area (Å²) in [5, 5.41) is 0. The molecule has 1 saturated carbocycles. The van der Waals surface area contributed by atoms with Crippen molar-refractivity contribution in [2.75, 3.05) is 0 Å². The molecular formula is C19H19NO3. The van der Waals surface area contributed by atoms with Gasteiger partial charge in [0, 0.05) is 10.8 Å². The number of Topliss-reactive ketones (excluding diaryl/α,β-unsaturated/α-hetero) is 1. The van der Waals surface area contributed by atoms with Crippen LogP contribution in [-0.2, 0) is 14.3 Å². The summed E-state index contributed by atoms with van der Waals surface area (Å²) in [7, 11) is 0. The van der Waals surface area contributed by atoms with Crippen LogP contribution in [0, 0.1) is 22.8 Å². The fourth-order valence-electron chi connectivity index (χ4n) is 5.34. The smallest absolute Gasteiger partial charge is 0.226 e. The standard InChI is InChI=1S/C19H19NO3/c1-16(2)15(22)12(20-5)9-18(4)13-8-11(21)6-7-17(13,3)10-14-19(16,18)23-14/h6-9,14H,10H2,1-4H3/t14-,17+,18+,19+/m0/s1. The zero-order valence-corrected chi connectivity index (χ0v) is 13.8. The second-order valence-corrected chi connectivity index (χ2v) is 8.06. The van der Waals surface area contributed by atoms with Gasteiger partial charge in [0.15, 0.2) is 11.6 Å². The first kappa shape index (κ1) is 14.6. The number of hydrogen-bond donors (Lipinski definition) is 0. The molecule has 2 fully saturated rings. The number of epoxide rings is 1. The Bertz CT molecular complexity index is 809. The van der Waals surface area contributed by atoms with E-state index in [9.17, 15) is 9.59 Å². The number of fused-ring (bicyclic) bond motifs is 2. The summed E-state index contributed by atoms with van der Waals surface area (Å²) < 4.78 is 6.19. The van der Waals surface area contributed by atoms with Crippen LogP contribution in [0.25, 0.3) is 4.85 Å². The van der Waals surface area contributed by atoms with Crippen LogP contribution in [0.4, 0.5) is 0 Å². The molecule has 4 rings (SSSR count). The molecule has 4 atom stereocenters. The van der Waals surface area contributed by atoms with E-state index in [0.717, 1.165) is 12.0 Å². The van der Waals surface area contributed by atoms with E-state index in [1.807, 2.05) is 26.8 Å². The minimum absolute atomic E-state index is 0.0324. The molecule has 0 aromatic heterocycles. The van der Waals surface area contributed by atoms with Gasteiger partial charge in [-0.2, -0.15) is 0 Å². The quantitative estimate of drug-likeness (QED) is 0.510. The van der Waals surface area contributed by atoms with E-state index in [4.69, 9.17) is 11.3 Å². The van der Waals surface area contributed by atoms with Crippen molar-refractivity contribution in [3.8, 4) is 0 Å². The third kappa shape index (κ3) is 1.36.